The zero-order chi connectivity index (χ0) is 12.3. The van der Waals surface area contributed by atoms with E-state index in [1.807, 2.05) is 6.92 Å². The summed E-state index contributed by atoms with van der Waals surface area (Å²) in [6.07, 6.45) is 6.49. The molecule has 17 heavy (non-hydrogen) atoms. The summed E-state index contributed by atoms with van der Waals surface area (Å²) in [7, 11) is 0. The lowest BCUT2D eigenvalue weighted by atomic mass is 10.0. The van der Waals surface area contributed by atoms with Gasteiger partial charge in [0.2, 0.25) is 5.91 Å². The van der Waals surface area contributed by atoms with Crippen molar-refractivity contribution in [1.82, 2.24) is 10.2 Å². The first-order valence-corrected chi connectivity index (χ1v) is 6.93. The molecular weight excluding hydrogens is 214 g/mol. The Labute approximate surface area is 104 Å². The van der Waals surface area contributed by atoms with Crippen molar-refractivity contribution < 1.29 is 4.79 Å². The summed E-state index contributed by atoms with van der Waals surface area (Å²) in [5.41, 5.74) is 5.36. The number of nitrogens with one attached hydrogen (secondary N) is 1. The third-order valence-corrected chi connectivity index (χ3v) is 3.92. The minimum atomic E-state index is -0.174. The molecule has 0 radical (unpaired) electrons. The van der Waals surface area contributed by atoms with Gasteiger partial charge in [0.05, 0.1) is 0 Å². The van der Waals surface area contributed by atoms with E-state index < -0.39 is 0 Å². The molecule has 1 saturated carbocycles. The molecule has 4 nitrogen and oxygen atoms in total. The molecule has 4 heteroatoms. The van der Waals surface area contributed by atoms with Crippen LogP contribution in [-0.4, -0.2) is 42.5 Å². The highest BCUT2D eigenvalue weighted by Gasteiger charge is 2.32. The molecule has 1 aliphatic heterocycles. The molecule has 1 saturated heterocycles. The number of primary amides is 1. The first kappa shape index (κ1) is 12.8. The van der Waals surface area contributed by atoms with Crippen molar-refractivity contribution in [1.29, 1.82) is 0 Å². The smallest absolute Gasteiger partial charge is 0.221 e. The van der Waals surface area contributed by atoms with Gasteiger partial charge in [-0.2, -0.15) is 0 Å². The molecule has 2 aliphatic rings. The maximum atomic E-state index is 11.1. The zero-order valence-corrected chi connectivity index (χ0v) is 10.8. The van der Waals surface area contributed by atoms with Crippen molar-refractivity contribution in [2.75, 3.05) is 19.6 Å². The minimum absolute atomic E-state index is 0.0285. The second kappa shape index (κ2) is 5.83. The number of rotatable bonds is 6. The van der Waals surface area contributed by atoms with Gasteiger partial charge in [0.15, 0.2) is 0 Å². The standard InChI is InChI=1S/C13H25N3O/c1-10(13(14)17)8-16(12-5-6-12)9-11-4-2-3-7-15-11/h10-12,15H,2-9H2,1H3,(H2,14,17). The van der Waals surface area contributed by atoms with Crippen molar-refractivity contribution in [3.8, 4) is 0 Å². The van der Waals surface area contributed by atoms with Crippen LogP contribution in [0.3, 0.4) is 0 Å². The number of amides is 1. The summed E-state index contributed by atoms with van der Waals surface area (Å²) in [5.74, 6) is -0.202. The number of piperidine rings is 1. The maximum absolute atomic E-state index is 11.1. The van der Waals surface area contributed by atoms with Gasteiger partial charge in [-0.15, -0.1) is 0 Å². The summed E-state index contributed by atoms with van der Waals surface area (Å²) >= 11 is 0. The van der Waals surface area contributed by atoms with Crippen LogP contribution in [0, 0.1) is 5.92 Å². The molecule has 1 amide bonds. The normalized spacial score (nSPS) is 27.1. The van der Waals surface area contributed by atoms with Gasteiger partial charge in [-0.1, -0.05) is 13.3 Å². The monoisotopic (exact) mass is 239 g/mol. The van der Waals surface area contributed by atoms with Gasteiger partial charge in [0.25, 0.3) is 0 Å². The topological polar surface area (TPSA) is 58.4 Å². The van der Waals surface area contributed by atoms with Crippen LogP contribution >= 0.6 is 0 Å². The highest BCUT2D eigenvalue weighted by molar-refractivity contribution is 5.76. The van der Waals surface area contributed by atoms with Crippen molar-refractivity contribution in [2.24, 2.45) is 11.7 Å². The lowest BCUT2D eigenvalue weighted by molar-refractivity contribution is -0.121. The predicted molar refractivity (Wildman–Crippen MR) is 68.6 cm³/mol. The zero-order valence-electron chi connectivity index (χ0n) is 10.8. The molecule has 0 aromatic carbocycles. The Balaban J connectivity index is 1.81. The summed E-state index contributed by atoms with van der Waals surface area (Å²) in [5, 5.41) is 3.58. The fourth-order valence-corrected chi connectivity index (χ4v) is 2.62. The SMILES string of the molecule is CC(CN(CC1CCCCN1)C1CC1)C(N)=O. The molecule has 98 valence electrons. The van der Waals surface area contributed by atoms with Gasteiger partial charge in [-0.05, 0) is 32.2 Å². The summed E-state index contributed by atoms with van der Waals surface area (Å²) in [6, 6.07) is 1.32. The lowest BCUT2D eigenvalue weighted by Crippen LogP contribution is -2.46. The van der Waals surface area contributed by atoms with Crippen LogP contribution in [0.15, 0.2) is 0 Å². The van der Waals surface area contributed by atoms with Crippen LogP contribution in [0.25, 0.3) is 0 Å². The number of nitrogens with two attached hydrogens (primary N) is 1. The molecule has 2 fully saturated rings. The van der Waals surface area contributed by atoms with Gasteiger partial charge < -0.3 is 11.1 Å². The Bertz CT molecular complexity index is 259. The van der Waals surface area contributed by atoms with E-state index in [1.165, 1.54) is 32.1 Å². The summed E-state index contributed by atoms with van der Waals surface area (Å²) in [4.78, 5) is 13.6. The van der Waals surface area contributed by atoms with Crippen LogP contribution in [-0.2, 0) is 4.79 Å². The van der Waals surface area contributed by atoms with Crippen LogP contribution in [0.5, 0.6) is 0 Å². The van der Waals surface area contributed by atoms with Gasteiger partial charge in [-0.3, -0.25) is 9.69 Å². The van der Waals surface area contributed by atoms with E-state index in [1.54, 1.807) is 0 Å². The van der Waals surface area contributed by atoms with E-state index in [9.17, 15) is 4.79 Å². The lowest BCUT2D eigenvalue weighted by Gasteiger charge is -2.31. The second-order valence-corrected chi connectivity index (χ2v) is 5.64. The largest absolute Gasteiger partial charge is 0.369 e. The summed E-state index contributed by atoms with van der Waals surface area (Å²) in [6.45, 7) is 5.00. The minimum Gasteiger partial charge on any atom is -0.369 e. The Morgan fingerprint density at radius 3 is 2.71 bits per heavy atom. The quantitative estimate of drug-likeness (QED) is 0.718. The Kier molecular flexibility index (Phi) is 4.40. The van der Waals surface area contributed by atoms with Crippen LogP contribution in [0.1, 0.15) is 39.0 Å². The van der Waals surface area contributed by atoms with E-state index in [2.05, 4.69) is 10.2 Å². The molecule has 2 unspecified atom stereocenters. The average Bonchev–Trinajstić information content (AvgIpc) is 3.13. The van der Waals surface area contributed by atoms with E-state index >= 15 is 0 Å². The van der Waals surface area contributed by atoms with Gasteiger partial charge in [0, 0.05) is 31.1 Å². The molecule has 1 heterocycles. The Morgan fingerprint density at radius 1 is 1.41 bits per heavy atom. The number of hydrogen-bond acceptors (Lipinski definition) is 3. The second-order valence-electron chi connectivity index (χ2n) is 5.64. The third kappa shape index (κ3) is 3.96. The molecule has 3 N–H and O–H groups in total. The number of nitrogens with zero attached hydrogens (tertiary/aromatic N) is 1. The van der Waals surface area contributed by atoms with Crippen molar-refractivity contribution >= 4 is 5.91 Å². The number of carbonyl (C=O) groups is 1. The van der Waals surface area contributed by atoms with Gasteiger partial charge in [-0.25, -0.2) is 0 Å². The van der Waals surface area contributed by atoms with Crippen molar-refractivity contribution in [2.45, 2.75) is 51.1 Å². The van der Waals surface area contributed by atoms with E-state index in [0.717, 1.165) is 19.6 Å². The first-order valence-electron chi connectivity index (χ1n) is 6.93. The fourth-order valence-electron chi connectivity index (χ4n) is 2.62. The van der Waals surface area contributed by atoms with Crippen LogP contribution < -0.4 is 11.1 Å². The van der Waals surface area contributed by atoms with Gasteiger partial charge in [0.1, 0.15) is 0 Å². The van der Waals surface area contributed by atoms with E-state index in [-0.39, 0.29) is 11.8 Å². The van der Waals surface area contributed by atoms with Gasteiger partial charge >= 0.3 is 0 Å². The fraction of sp³-hybridized carbons (Fsp3) is 0.923. The number of carbonyl (C=O) groups excluding carboxylic acids is 1. The predicted octanol–water partition coefficient (Wildman–Crippen LogP) is 0.714. The molecule has 2 rings (SSSR count). The maximum Gasteiger partial charge on any atom is 0.221 e. The molecule has 0 spiro atoms. The van der Waals surface area contributed by atoms with E-state index in [0.29, 0.717) is 12.1 Å². The molecular formula is C13H25N3O. The molecule has 0 bridgehead atoms. The number of hydrogen-bond donors (Lipinski definition) is 2. The third-order valence-electron chi connectivity index (χ3n) is 3.92. The van der Waals surface area contributed by atoms with Crippen LogP contribution in [0.4, 0.5) is 0 Å². The molecule has 1 aliphatic carbocycles. The van der Waals surface area contributed by atoms with Crippen molar-refractivity contribution in [3.63, 3.8) is 0 Å². The first-order chi connectivity index (χ1) is 8.16. The van der Waals surface area contributed by atoms with E-state index in [4.69, 9.17) is 5.73 Å². The molecule has 0 aromatic rings. The average molecular weight is 239 g/mol. The van der Waals surface area contributed by atoms with Crippen LogP contribution in [0.2, 0.25) is 0 Å². The molecule has 0 aromatic heterocycles. The van der Waals surface area contributed by atoms with Crippen molar-refractivity contribution in [3.05, 3.63) is 0 Å². The Morgan fingerprint density at radius 2 is 2.18 bits per heavy atom. The highest BCUT2D eigenvalue weighted by atomic mass is 16.1. The highest BCUT2D eigenvalue weighted by Crippen LogP contribution is 2.28. The Hall–Kier alpha value is -0.610. The summed E-state index contributed by atoms with van der Waals surface area (Å²) < 4.78 is 0. The molecule has 2 atom stereocenters.